The quantitative estimate of drug-likeness (QED) is 0.584. The second kappa shape index (κ2) is 2.24. The van der Waals surface area contributed by atoms with Crippen LogP contribution in [0.2, 0.25) is 0 Å². The molecule has 2 aliphatic heterocycles. The first-order valence-electron chi connectivity index (χ1n) is 5.16. The smallest absolute Gasteiger partial charge is 0.0528 e. The zero-order valence-electron chi connectivity index (χ0n) is 7.57. The van der Waals surface area contributed by atoms with Gasteiger partial charge in [-0.3, -0.25) is 0 Å². The molecule has 0 aromatic heterocycles. The van der Waals surface area contributed by atoms with Gasteiger partial charge in [-0.25, -0.2) is 0 Å². The van der Waals surface area contributed by atoms with Crippen LogP contribution in [0, 0.1) is 10.8 Å². The first-order chi connectivity index (χ1) is 5.87. The van der Waals surface area contributed by atoms with Crippen molar-refractivity contribution in [3.05, 3.63) is 0 Å². The summed E-state index contributed by atoms with van der Waals surface area (Å²) in [7, 11) is 0. The van der Waals surface area contributed by atoms with E-state index in [0.717, 1.165) is 13.2 Å². The van der Waals surface area contributed by atoms with Crippen LogP contribution in [0.3, 0.4) is 0 Å². The minimum absolute atomic E-state index is 0.620. The van der Waals surface area contributed by atoms with Gasteiger partial charge in [0.25, 0.3) is 0 Å². The second-order valence-electron chi connectivity index (χ2n) is 4.79. The molecule has 68 valence electrons. The van der Waals surface area contributed by atoms with Gasteiger partial charge >= 0.3 is 0 Å². The molecule has 1 atom stereocenters. The van der Waals surface area contributed by atoms with Crippen LogP contribution in [-0.4, -0.2) is 26.3 Å². The van der Waals surface area contributed by atoms with Crippen LogP contribution in [-0.2, 0) is 4.74 Å². The number of fused-ring (bicyclic) bond motifs is 1. The predicted octanol–water partition coefficient (Wildman–Crippen LogP) is 1.17. The highest BCUT2D eigenvalue weighted by Crippen LogP contribution is 2.64. The molecule has 3 rings (SSSR count). The van der Waals surface area contributed by atoms with Crippen molar-refractivity contribution >= 4 is 0 Å². The maximum absolute atomic E-state index is 5.61. The minimum Gasteiger partial charge on any atom is -0.381 e. The Morgan fingerprint density at radius 3 is 2.58 bits per heavy atom. The standard InChI is InChI=1S/C10H17NO/c1-2-10(1)8-12-6-4-9(10)3-5-11-7-9/h11H,1-8H2. The lowest BCUT2D eigenvalue weighted by atomic mass is 9.69. The Morgan fingerprint density at radius 2 is 1.92 bits per heavy atom. The van der Waals surface area contributed by atoms with Crippen LogP contribution in [0.4, 0.5) is 0 Å². The van der Waals surface area contributed by atoms with Gasteiger partial charge in [-0.1, -0.05) is 0 Å². The van der Waals surface area contributed by atoms with E-state index in [1.807, 2.05) is 0 Å². The Morgan fingerprint density at radius 1 is 1.00 bits per heavy atom. The summed E-state index contributed by atoms with van der Waals surface area (Å²) in [5.41, 5.74) is 1.26. The summed E-state index contributed by atoms with van der Waals surface area (Å²) in [6.45, 7) is 4.55. The van der Waals surface area contributed by atoms with Crippen LogP contribution < -0.4 is 5.32 Å². The van der Waals surface area contributed by atoms with Gasteiger partial charge in [0.2, 0.25) is 0 Å². The molecule has 12 heavy (non-hydrogen) atoms. The van der Waals surface area contributed by atoms with Crippen LogP contribution in [0.5, 0.6) is 0 Å². The van der Waals surface area contributed by atoms with E-state index in [1.54, 1.807) is 0 Å². The van der Waals surface area contributed by atoms with E-state index >= 15 is 0 Å². The summed E-state index contributed by atoms with van der Waals surface area (Å²) in [5.74, 6) is 0. The molecule has 0 radical (unpaired) electrons. The van der Waals surface area contributed by atoms with Gasteiger partial charge in [0.1, 0.15) is 0 Å². The van der Waals surface area contributed by atoms with E-state index in [4.69, 9.17) is 4.74 Å². The minimum atomic E-state index is 0.620. The predicted molar refractivity (Wildman–Crippen MR) is 47.0 cm³/mol. The summed E-state index contributed by atoms with van der Waals surface area (Å²) in [6.07, 6.45) is 5.56. The van der Waals surface area contributed by atoms with Crippen LogP contribution in [0.25, 0.3) is 0 Å². The Balaban J connectivity index is 1.89. The molecule has 0 bridgehead atoms. The van der Waals surface area contributed by atoms with Crippen LogP contribution >= 0.6 is 0 Å². The molecule has 1 saturated carbocycles. The highest BCUT2D eigenvalue weighted by molar-refractivity contribution is 5.11. The topological polar surface area (TPSA) is 21.3 Å². The average Bonchev–Trinajstić information content (AvgIpc) is 2.73. The van der Waals surface area contributed by atoms with Gasteiger partial charge < -0.3 is 10.1 Å². The van der Waals surface area contributed by atoms with Crippen molar-refractivity contribution in [1.29, 1.82) is 0 Å². The number of rotatable bonds is 0. The molecule has 2 spiro atoms. The molecule has 1 aliphatic carbocycles. The third-order valence-corrected chi connectivity index (χ3v) is 4.33. The Kier molecular flexibility index (Phi) is 1.37. The van der Waals surface area contributed by atoms with Gasteiger partial charge in [0, 0.05) is 18.6 Å². The van der Waals surface area contributed by atoms with E-state index in [9.17, 15) is 0 Å². The molecule has 3 aliphatic rings. The summed E-state index contributed by atoms with van der Waals surface area (Å²) >= 11 is 0. The maximum Gasteiger partial charge on any atom is 0.0528 e. The SMILES string of the molecule is C1CC2(CCOCC23CC3)CN1. The van der Waals surface area contributed by atoms with Gasteiger partial charge in [-0.2, -0.15) is 0 Å². The average molecular weight is 167 g/mol. The second-order valence-corrected chi connectivity index (χ2v) is 4.79. The fourth-order valence-electron chi connectivity index (χ4n) is 3.19. The summed E-state index contributed by atoms with van der Waals surface area (Å²) in [4.78, 5) is 0. The Bertz CT molecular complexity index is 192. The molecule has 3 fully saturated rings. The van der Waals surface area contributed by atoms with E-state index in [2.05, 4.69) is 5.32 Å². The molecule has 1 unspecified atom stereocenters. The lowest BCUT2D eigenvalue weighted by Gasteiger charge is -2.41. The molecular weight excluding hydrogens is 150 g/mol. The normalized spacial score (nSPS) is 44.0. The van der Waals surface area contributed by atoms with Crippen LogP contribution in [0.1, 0.15) is 25.7 Å². The van der Waals surface area contributed by atoms with Crippen molar-refractivity contribution in [3.8, 4) is 0 Å². The molecule has 0 aromatic carbocycles. The summed E-state index contributed by atoms with van der Waals surface area (Å²) in [5, 5.41) is 3.52. The monoisotopic (exact) mass is 167 g/mol. The van der Waals surface area contributed by atoms with Crippen molar-refractivity contribution in [2.24, 2.45) is 10.8 Å². The van der Waals surface area contributed by atoms with Crippen molar-refractivity contribution in [2.75, 3.05) is 26.3 Å². The molecule has 2 heterocycles. The lowest BCUT2D eigenvalue weighted by molar-refractivity contribution is -0.0473. The fraction of sp³-hybridized carbons (Fsp3) is 1.00. The van der Waals surface area contributed by atoms with E-state index in [0.29, 0.717) is 10.8 Å². The lowest BCUT2D eigenvalue weighted by Crippen LogP contribution is -2.42. The molecule has 2 heteroatoms. The van der Waals surface area contributed by atoms with Gasteiger partial charge in [-0.15, -0.1) is 0 Å². The first kappa shape index (κ1) is 7.34. The van der Waals surface area contributed by atoms with Crippen molar-refractivity contribution < 1.29 is 4.74 Å². The Labute approximate surface area is 73.7 Å². The largest absolute Gasteiger partial charge is 0.381 e. The summed E-state index contributed by atoms with van der Waals surface area (Å²) in [6, 6.07) is 0. The van der Waals surface area contributed by atoms with E-state index < -0.39 is 0 Å². The Hall–Kier alpha value is -0.0800. The molecule has 0 aromatic rings. The number of ether oxygens (including phenoxy) is 1. The zero-order valence-corrected chi connectivity index (χ0v) is 7.57. The third kappa shape index (κ3) is 0.775. The number of hydrogen-bond acceptors (Lipinski definition) is 2. The number of nitrogens with one attached hydrogen (secondary N) is 1. The highest BCUT2D eigenvalue weighted by Gasteiger charge is 2.61. The van der Waals surface area contributed by atoms with Gasteiger partial charge in [0.05, 0.1) is 6.61 Å². The molecule has 0 amide bonds. The molecular formula is C10H17NO. The van der Waals surface area contributed by atoms with E-state index in [1.165, 1.54) is 38.8 Å². The third-order valence-electron chi connectivity index (χ3n) is 4.33. The van der Waals surface area contributed by atoms with Crippen molar-refractivity contribution in [1.82, 2.24) is 5.32 Å². The van der Waals surface area contributed by atoms with Gasteiger partial charge in [-0.05, 0) is 37.6 Å². The van der Waals surface area contributed by atoms with E-state index in [-0.39, 0.29) is 0 Å². The zero-order chi connectivity index (χ0) is 8.07. The molecule has 2 nitrogen and oxygen atoms in total. The van der Waals surface area contributed by atoms with Crippen molar-refractivity contribution in [2.45, 2.75) is 25.7 Å². The molecule has 2 saturated heterocycles. The molecule has 1 N–H and O–H groups in total. The highest BCUT2D eigenvalue weighted by atomic mass is 16.5. The van der Waals surface area contributed by atoms with Gasteiger partial charge in [0.15, 0.2) is 0 Å². The fourth-order valence-corrected chi connectivity index (χ4v) is 3.19. The van der Waals surface area contributed by atoms with Crippen LogP contribution in [0.15, 0.2) is 0 Å². The maximum atomic E-state index is 5.61. The first-order valence-corrected chi connectivity index (χ1v) is 5.16. The van der Waals surface area contributed by atoms with Crippen molar-refractivity contribution in [3.63, 3.8) is 0 Å². The number of hydrogen-bond donors (Lipinski definition) is 1. The summed E-state index contributed by atoms with van der Waals surface area (Å²) < 4.78 is 5.61.